The lowest BCUT2D eigenvalue weighted by atomic mass is 10.1. The van der Waals surface area contributed by atoms with Crippen LogP contribution in [0.15, 0.2) is 18.2 Å². The number of carbonyl (C=O) groups excluding carboxylic acids is 1. The smallest absolute Gasteiger partial charge is 0.260 e. The Morgan fingerprint density at radius 2 is 2.05 bits per heavy atom. The standard InChI is InChI=1S/C17H27NO3/c1-5-6-7-10-18-17(20)14(4)21-16-9-8-12(2)11-15(16)13(3)19/h8-9,11,13-14,19H,5-7,10H2,1-4H3,(H,18,20)/t13-,14?/m1/s1. The second-order valence-electron chi connectivity index (χ2n) is 5.48. The van der Waals surface area contributed by atoms with Gasteiger partial charge in [0.1, 0.15) is 5.75 Å². The highest BCUT2D eigenvalue weighted by Gasteiger charge is 2.17. The fourth-order valence-electron chi connectivity index (χ4n) is 2.08. The van der Waals surface area contributed by atoms with Crippen molar-refractivity contribution in [2.45, 2.75) is 59.2 Å². The fraction of sp³-hybridized carbons (Fsp3) is 0.588. The van der Waals surface area contributed by atoms with Gasteiger partial charge in [0, 0.05) is 12.1 Å². The van der Waals surface area contributed by atoms with Gasteiger partial charge in [-0.1, -0.05) is 31.4 Å². The van der Waals surface area contributed by atoms with Gasteiger partial charge < -0.3 is 15.2 Å². The van der Waals surface area contributed by atoms with Crippen LogP contribution in [0.2, 0.25) is 0 Å². The Hall–Kier alpha value is -1.55. The molecule has 1 aromatic rings. The van der Waals surface area contributed by atoms with Crippen LogP contribution in [0.4, 0.5) is 0 Å². The van der Waals surface area contributed by atoms with Crippen LogP contribution in [0.3, 0.4) is 0 Å². The first-order valence-electron chi connectivity index (χ1n) is 7.68. The Balaban J connectivity index is 2.61. The largest absolute Gasteiger partial charge is 0.481 e. The number of hydrogen-bond acceptors (Lipinski definition) is 3. The van der Waals surface area contributed by atoms with Crippen LogP contribution in [0.1, 0.15) is 57.3 Å². The third-order valence-electron chi connectivity index (χ3n) is 3.37. The number of nitrogens with one attached hydrogen (secondary N) is 1. The minimum atomic E-state index is -0.625. The zero-order chi connectivity index (χ0) is 15.8. The molecule has 0 aromatic heterocycles. The summed E-state index contributed by atoms with van der Waals surface area (Å²) in [5, 5.41) is 12.7. The first-order chi connectivity index (χ1) is 9.95. The molecule has 0 spiro atoms. The van der Waals surface area contributed by atoms with Gasteiger partial charge in [-0.05, 0) is 39.3 Å². The summed E-state index contributed by atoms with van der Waals surface area (Å²) < 4.78 is 5.71. The van der Waals surface area contributed by atoms with E-state index >= 15 is 0 Å². The number of amides is 1. The lowest BCUT2D eigenvalue weighted by Crippen LogP contribution is -2.37. The molecular formula is C17H27NO3. The van der Waals surface area contributed by atoms with Crippen LogP contribution in [0.25, 0.3) is 0 Å². The predicted octanol–water partition coefficient (Wildman–Crippen LogP) is 3.12. The Morgan fingerprint density at radius 3 is 2.67 bits per heavy atom. The van der Waals surface area contributed by atoms with Gasteiger partial charge in [-0.15, -0.1) is 0 Å². The van der Waals surface area contributed by atoms with Crippen LogP contribution in [0.5, 0.6) is 5.75 Å². The zero-order valence-electron chi connectivity index (χ0n) is 13.5. The minimum Gasteiger partial charge on any atom is -0.481 e. The van der Waals surface area contributed by atoms with Crippen molar-refractivity contribution in [1.29, 1.82) is 0 Å². The molecule has 1 rings (SSSR count). The van der Waals surface area contributed by atoms with E-state index < -0.39 is 12.2 Å². The lowest BCUT2D eigenvalue weighted by Gasteiger charge is -2.19. The highest BCUT2D eigenvalue weighted by Crippen LogP contribution is 2.27. The highest BCUT2D eigenvalue weighted by atomic mass is 16.5. The van der Waals surface area contributed by atoms with Crippen LogP contribution in [0, 0.1) is 6.92 Å². The molecule has 1 unspecified atom stereocenters. The van der Waals surface area contributed by atoms with Gasteiger partial charge in [-0.3, -0.25) is 4.79 Å². The third kappa shape index (κ3) is 5.76. The lowest BCUT2D eigenvalue weighted by molar-refractivity contribution is -0.127. The van der Waals surface area contributed by atoms with Gasteiger partial charge in [0.2, 0.25) is 0 Å². The number of benzene rings is 1. The van der Waals surface area contributed by atoms with E-state index in [1.807, 2.05) is 19.1 Å². The van der Waals surface area contributed by atoms with Crippen molar-refractivity contribution < 1.29 is 14.6 Å². The van der Waals surface area contributed by atoms with Crippen molar-refractivity contribution in [3.8, 4) is 5.75 Å². The Morgan fingerprint density at radius 1 is 1.33 bits per heavy atom. The van der Waals surface area contributed by atoms with Gasteiger partial charge in [-0.25, -0.2) is 0 Å². The Kier molecular flexibility index (Phi) is 7.23. The number of unbranched alkanes of at least 4 members (excludes halogenated alkanes) is 2. The van der Waals surface area contributed by atoms with E-state index in [4.69, 9.17) is 4.74 Å². The van der Waals surface area contributed by atoms with Gasteiger partial charge in [0.05, 0.1) is 6.10 Å². The molecule has 0 heterocycles. The Bertz CT molecular complexity index is 457. The normalized spacial score (nSPS) is 13.6. The number of aryl methyl sites for hydroxylation is 1. The number of carbonyl (C=O) groups is 1. The third-order valence-corrected chi connectivity index (χ3v) is 3.37. The van der Waals surface area contributed by atoms with Crippen LogP contribution in [-0.4, -0.2) is 23.7 Å². The molecule has 118 valence electrons. The SMILES string of the molecule is CCCCCNC(=O)C(C)Oc1ccc(C)cc1[C@@H](C)O. The maximum absolute atomic E-state index is 12.0. The number of aliphatic hydroxyl groups is 1. The van der Waals surface area contributed by atoms with Gasteiger partial charge in [-0.2, -0.15) is 0 Å². The molecule has 0 saturated heterocycles. The molecule has 1 aromatic carbocycles. The quantitative estimate of drug-likeness (QED) is 0.724. The summed E-state index contributed by atoms with van der Waals surface area (Å²) >= 11 is 0. The van der Waals surface area contributed by atoms with Crippen LogP contribution in [-0.2, 0) is 4.79 Å². The van der Waals surface area contributed by atoms with E-state index in [1.54, 1.807) is 19.9 Å². The molecule has 0 saturated carbocycles. The molecule has 0 aliphatic heterocycles. The first-order valence-corrected chi connectivity index (χ1v) is 7.68. The summed E-state index contributed by atoms with van der Waals surface area (Å²) in [4.78, 5) is 12.0. The van der Waals surface area contributed by atoms with Gasteiger partial charge in [0.25, 0.3) is 5.91 Å². The molecule has 4 nitrogen and oxygen atoms in total. The number of ether oxygens (including phenoxy) is 1. The second kappa shape index (κ2) is 8.67. The minimum absolute atomic E-state index is 0.122. The van der Waals surface area contributed by atoms with Crippen molar-refractivity contribution >= 4 is 5.91 Å². The monoisotopic (exact) mass is 293 g/mol. The van der Waals surface area contributed by atoms with E-state index in [0.29, 0.717) is 17.9 Å². The van der Waals surface area contributed by atoms with Gasteiger partial charge >= 0.3 is 0 Å². The highest BCUT2D eigenvalue weighted by molar-refractivity contribution is 5.80. The van der Waals surface area contributed by atoms with Crippen molar-refractivity contribution in [2.75, 3.05) is 6.54 Å². The average molecular weight is 293 g/mol. The number of aliphatic hydroxyl groups excluding tert-OH is 1. The van der Waals surface area contributed by atoms with E-state index in [0.717, 1.165) is 24.8 Å². The summed E-state index contributed by atoms with van der Waals surface area (Å²) in [5.41, 5.74) is 1.76. The maximum Gasteiger partial charge on any atom is 0.260 e. The van der Waals surface area contributed by atoms with E-state index in [2.05, 4.69) is 12.2 Å². The van der Waals surface area contributed by atoms with E-state index in [1.165, 1.54) is 0 Å². The average Bonchev–Trinajstić information content (AvgIpc) is 2.44. The number of rotatable bonds is 8. The van der Waals surface area contributed by atoms with Crippen molar-refractivity contribution in [1.82, 2.24) is 5.32 Å². The molecule has 2 N–H and O–H groups in total. The molecule has 21 heavy (non-hydrogen) atoms. The fourth-order valence-corrected chi connectivity index (χ4v) is 2.08. The molecule has 0 fully saturated rings. The first kappa shape index (κ1) is 17.5. The summed E-state index contributed by atoms with van der Waals surface area (Å²) in [5.74, 6) is 0.440. The molecule has 4 heteroatoms. The molecule has 2 atom stereocenters. The predicted molar refractivity (Wildman–Crippen MR) is 84.4 cm³/mol. The maximum atomic E-state index is 12.0. The Labute approximate surface area is 127 Å². The zero-order valence-corrected chi connectivity index (χ0v) is 13.5. The summed E-state index contributed by atoms with van der Waals surface area (Å²) in [6.07, 6.45) is 2.02. The molecule has 1 amide bonds. The molecule has 0 aliphatic rings. The van der Waals surface area contributed by atoms with Crippen molar-refractivity contribution in [3.63, 3.8) is 0 Å². The van der Waals surface area contributed by atoms with Crippen LogP contribution >= 0.6 is 0 Å². The molecule has 0 bridgehead atoms. The van der Waals surface area contributed by atoms with Gasteiger partial charge in [0.15, 0.2) is 6.10 Å². The summed E-state index contributed by atoms with van der Waals surface area (Å²) in [6, 6.07) is 5.59. The van der Waals surface area contributed by atoms with Crippen LogP contribution < -0.4 is 10.1 Å². The summed E-state index contributed by atoms with van der Waals surface area (Å²) in [6.45, 7) is 8.18. The van der Waals surface area contributed by atoms with Crippen molar-refractivity contribution in [2.24, 2.45) is 0 Å². The molecule has 0 radical (unpaired) electrons. The van der Waals surface area contributed by atoms with E-state index in [-0.39, 0.29) is 5.91 Å². The molecular weight excluding hydrogens is 266 g/mol. The van der Waals surface area contributed by atoms with E-state index in [9.17, 15) is 9.90 Å². The topological polar surface area (TPSA) is 58.6 Å². The molecule has 0 aliphatic carbocycles. The number of hydrogen-bond donors (Lipinski definition) is 2. The van der Waals surface area contributed by atoms with Crippen molar-refractivity contribution in [3.05, 3.63) is 29.3 Å². The summed E-state index contributed by atoms with van der Waals surface area (Å²) in [7, 11) is 0. The second-order valence-corrected chi connectivity index (χ2v) is 5.48.